The van der Waals surface area contributed by atoms with Crippen LogP contribution in [0.25, 0.3) is 0 Å². The first-order valence-corrected chi connectivity index (χ1v) is 9.12. The van der Waals surface area contributed by atoms with Crippen LogP contribution in [0.3, 0.4) is 0 Å². The van der Waals surface area contributed by atoms with Gasteiger partial charge in [-0.3, -0.25) is 9.59 Å². The van der Waals surface area contributed by atoms with Gasteiger partial charge in [0.25, 0.3) is 0 Å². The molecule has 25 heavy (non-hydrogen) atoms. The highest BCUT2D eigenvalue weighted by atomic mass is 127. The molecule has 2 amide bonds. The van der Waals surface area contributed by atoms with Gasteiger partial charge in [-0.05, 0) is 39.8 Å². The summed E-state index contributed by atoms with van der Waals surface area (Å²) in [4.78, 5) is 24.9. The number of nitrogens with one attached hydrogen (secondary N) is 2. The number of hydrogen-bond donors (Lipinski definition) is 2. The van der Waals surface area contributed by atoms with Crippen molar-refractivity contribution in [2.45, 2.75) is 24.9 Å². The van der Waals surface area contributed by atoms with E-state index in [1.54, 1.807) is 7.11 Å². The third kappa shape index (κ3) is 4.12. The number of ether oxygens (including phenoxy) is 1. The summed E-state index contributed by atoms with van der Waals surface area (Å²) in [7, 11) is 1.62. The van der Waals surface area contributed by atoms with E-state index in [4.69, 9.17) is 4.74 Å². The average Bonchev–Trinajstić information content (AvgIpc) is 2.62. The molecule has 130 valence electrons. The Morgan fingerprint density at radius 3 is 2.20 bits per heavy atom. The normalized spacial score (nSPS) is 19.9. The Balaban J connectivity index is 1.68. The van der Waals surface area contributed by atoms with Crippen LogP contribution in [0, 0.1) is 3.57 Å². The van der Waals surface area contributed by atoms with Crippen molar-refractivity contribution in [3.63, 3.8) is 0 Å². The monoisotopic (exact) mass is 450 g/mol. The molecule has 0 aromatic heterocycles. The van der Waals surface area contributed by atoms with Crippen LogP contribution in [0.4, 0.5) is 0 Å². The fourth-order valence-electron chi connectivity index (χ4n) is 2.90. The van der Waals surface area contributed by atoms with Gasteiger partial charge in [-0.15, -0.1) is 0 Å². The Hall–Kier alpha value is -2.09. The molecule has 1 heterocycles. The van der Waals surface area contributed by atoms with Crippen LogP contribution in [0.5, 0.6) is 5.75 Å². The fraction of sp³-hybridized carbons (Fsp3) is 0.263. The van der Waals surface area contributed by atoms with Crippen LogP contribution >= 0.6 is 22.6 Å². The highest BCUT2D eigenvalue weighted by molar-refractivity contribution is 14.1. The molecule has 2 aromatic carbocycles. The van der Waals surface area contributed by atoms with Gasteiger partial charge in [-0.2, -0.15) is 0 Å². The Morgan fingerprint density at radius 2 is 1.56 bits per heavy atom. The zero-order valence-electron chi connectivity index (χ0n) is 13.8. The van der Waals surface area contributed by atoms with E-state index in [0.29, 0.717) is 12.8 Å². The largest absolute Gasteiger partial charge is 0.496 e. The lowest BCUT2D eigenvalue weighted by molar-refractivity contribution is -0.136. The Labute approximate surface area is 160 Å². The highest BCUT2D eigenvalue weighted by Gasteiger charge is 2.33. The van der Waals surface area contributed by atoms with E-state index in [1.807, 2.05) is 48.5 Å². The predicted molar refractivity (Wildman–Crippen MR) is 103 cm³/mol. The quantitative estimate of drug-likeness (QED) is 0.686. The standard InChI is InChI=1S/C19H19IN2O3/c1-25-16-9-5-8-13(17(16)20)11-15-19(24)21-14(18(23)22-15)10-12-6-3-2-4-7-12/h2-9,14-15H,10-11H2,1H3,(H,21,24)(H,22,23)/t14-,15?/m0/s1. The zero-order valence-corrected chi connectivity index (χ0v) is 15.9. The van der Waals surface area contributed by atoms with Crippen LogP contribution in [0.1, 0.15) is 11.1 Å². The summed E-state index contributed by atoms with van der Waals surface area (Å²) >= 11 is 2.20. The summed E-state index contributed by atoms with van der Waals surface area (Å²) < 4.78 is 6.27. The number of rotatable bonds is 5. The van der Waals surface area contributed by atoms with E-state index in [2.05, 4.69) is 33.2 Å². The van der Waals surface area contributed by atoms with E-state index in [0.717, 1.165) is 20.4 Å². The first kappa shape index (κ1) is 17.7. The van der Waals surface area contributed by atoms with Crippen molar-refractivity contribution in [1.82, 2.24) is 10.6 Å². The maximum Gasteiger partial charge on any atom is 0.243 e. The smallest absolute Gasteiger partial charge is 0.243 e. The molecule has 3 rings (SSSR count). The van der Waals surface area contributed by atoms with Crippen LogP contribution in [0.2, 0.25) is 0 Å². The molecule has 0 spiro atoms. The molecule has 0 bridgehead atoms. The molecule has 2 atom stereocenters. The molecule has 0 saturated carbocycles. The predicted octanol–water partition coefficient (Wildman–Crippen LogP) is 2.07. The van der Waals surface area contributed by atoms with E-state index in [9.17, 15) is 9.59 Å². The number of hydrogen-bond acceptors (Lipinski definition) is 3. The molecule has 1 unspecified atom stereocenters. The van der Waals surface area contributed by atoms with Crippen molar-refractivity contribution in [2.75, 3.05) is 7.11 Å². The van der Waals surface area contributed by atoms with Gasteiger partial charge in [0.15, 0.2) is 0 Å². The lowest BCUT2D eigenvalue weighted by Crippen LogP contribution is -2.62. The molecule has 1 aliphatic heterocycles. The minimum atomic E-state index is -0.569. The third-order valence-corrected chi connectivity index (χ3v) is 5.46. The molecule has 1 saturated heterocycles. The fourth-order valence-corrected chi connectivity index (χ4v) is 3.70. The number of benzene rings is 2. The van der Waals surface area contributed by atoms with Crippen LogP contribution in [0.15, 0.2) is 48.5 Å². The molecule has 1 fully saturated rings. The summed E-state index contributed by atoms with van der Waals surface area (Å²) in [6, 6.07) is 14.3. The molecule has 0 aliphatic carbocycles. The molecule has 1 aliphatic rings. The van der Waals surface area contributed by atoms with E-state index >= 15 is 0 Å². The topological polar surface area (TPSA) is 67.4 Å². The van der Waals surface area contributed by atoms with Gasteiger partial charge in [-0.1, -0.05) is 42.5 Å². The van der Waals surface area contributed by atoms with Crippen LogP contribution in [-0.4, -0.2) is 31.0 Å². The van der Waals surface area contributed by atoms with Gasteiger partial charge in [0.05, 0.1) is 10.7 Å². The van der Waals surface area contributed by atoms with Crippen molar-refractivity contribution >= 4 is 34.4 Å². The number of carbonyl (C=O) groups is 2. The van der Waals surface area contributed by atoms with Crippen molar-refractivity contribution in [3.8, 4) is 5.75 Å². The third-order valence-electron chi connectivity index (χ3n) is 4.24. The lowest BCUT2D eigenvalue weighted by Gasteiger charge is -2.30. The second-order valence-corrected chi connectivity index (χ2v) is 7.03. The molecule has 6 heteroatoms. The zero-order chi connectivity index (χ0) is 17.8. The van der Waals surface area contributed by atoms with Gasteiger partial charge in [-0.25, -0.2) is 0 Å². The molecule has 0 radical (unpaired) electrons. The Morgan fingerprint density at radius 1 is 0.920 bits per heavy atom. The summed E-state index contributed by atoms with van der Waals surface area (Å²) in [5.74, 6) is 0.466. The number of carbonyl (C=O) groups excluding carboxylic acids is 2. The summed E-state index contributed by atoms with van der Waals surface area (Å²) in [5.41, 5.74) is 1.99. The second-order valence-electron chi connectivity index (χ2n) is 5.95. The van der Waals surface area contributed by atoms with Crippen molar-refractivity contribution in [3.05, 3.63) is 63.2 Å². The molecule has 2 aromatic rings. The molecule has 2 N–H and O–H groups in total. The van der Waals surface area contributed by atoms with Gasteiger partial charge in [0.2, 0.25) is 11.8 Å². The first-order valence-electron chi connectivity index (χ1n) is 8.04. The van der Waals surface area contributed by atoms with Gasteiger partial charge >= 0.3 is 0 Å². The highest BCUT2D eigenvalue weighted by Crippen LogP contribution is 2.25. The van der Waals surface area contributed by atoms with Gasteiger partial charge in [0, 0.05) is 12.8 Å². The van der Waals surface area contributed by atoms with Crippen LogP contribution < -0.4 is 15.4 Å². The van der Waals surface area contributed by atoms with E-state index < -0.39 is 12.1 Å². The number of piperazine rings is 1. The number of halogens is 1. The van der Waals surface area contributed by atoms with Crippen molar-refractivity contribution in [2.24, 2.45) is 0 Å². The Kier molecular flexibility index (Phi) is 5.57. The first-order chi connectivity index (χ1) is 12.1. The lowest BCUT2D eigenvalue weighted by atomic mass is 9.98. The second kappa shape index (κ2) is 7.86. The maximum absolute atomic E-state index is 12.5. The number of amides is 2. The average molecular weight is 450 g/mol. The summed E-state index contributed by atoms with van der Waals surface area (Å²) in [5, 5.41) is 5.70. The molecular formula is C19H19IN2O3. The molecule has 5 nitrogen and oxygen atoms in total. The van der Waals surface area contributed by atoms with Gasteiger partial charge in [0.1, 0.15) is 17.8 Å². The summed E-state index contributed by atoms with van der Waals surface area (Å²) in [6.45, 7) is 0. The summed E-state index contributed by atoms with van der Waals surface area (Å²) in [6.07, 6.45) is 0.924. The number of methoxy groups -OCH3 is 1. The van der Waals surface area contributed by atoms with E-state index in [-0.39, 0.29) is 11.8 Å². The van der Waals surface area contributed by atoms with E-state index in [1.165, 1.54) is 0 Å². The SMILES string of the molecule is COc1cccc(CC2NC(=O)[C@H](Cc3ccccc3)NC2=O)c1I. The van der Waals surface area contributed by atoms with Crippen LogP contribution in [-0.2, 0) is 22.4 Å². The Bertz CT molecular complexity index is 779. The van der Waals surface area contributed by atoms with Crippen molar-refractivity contribution in [1.29, 1.82) is 0 Å². The van der Waals surface area contributed by atoms with Crippen molar-refractivity contribution < 1.29 is 14.3 Å². The maximum atomic E-state index is 12.5. The minimum Gasteiger partial charge on any atom is -0.496 e. The minimum absolute atomic E-state index is 0.147. The van der Waals surface area contributed by atoms with Gasteiger partial charge < -0.3 is 15.4 Å². The molecular weight excluding hydrogens is 431 g/mol.